The molecular weight excluding hydrogens is 408 g/mol. The van der Waals surface area contributed by atoms with E-state index in [4.69, 9.17) is 9.72 Å². The summed E-state index contributed by atoms with van der Waals surface area (Å²) in [6.45, 7) is 5.44. The molecule has 0 aliphatic carbocycles. The first-order chi connectivity index (χ1) is 15.2. The number of aromatic nitrogens is 2. The fourth-order valence-corrected chi connectivity index (χ4v) is 4.86. The topological polar surface area (TPSA) is 59.4 Å². The number of hydrogen-bond donors (Lipinski definition) is 1. The van der Waals surface area contributed by atoms with Crippen molar-refractivity contribution >= 4 is 40.1 Å². The molecule has 1 fully saturated rings. The van der Waals surface area contributed by atoms with Gasteiger partial charge in [0.25, 0.3) is 0 Å². The second kappa shape index (κ2) is 10.2. The molecule has 31 heavy (non-hydrogen) atoms. The Labute approximate surface area is 188 Å². The van der Waals surface area contributed by atoms with Gasteiger partial charge in [0, 0.05) is 38.1 Å². The molecule has 1 aliphatic rings. The number of rotatable bonds is 8. The van der Waals surface area contributed by atoms with E-state index in [1.807, 2.05) is 37.3 Å². The maximum atomic E-state index is 12.8. The zero-order valence-electron chi connectivity index (χ0n) is 18.2. The standard InChI is InChI=1S/C24H30N4O2S/c1-18(31-24-26-21-8-4-5-9-22(21)28(24)16-17-30-2)23(29)25-19-10-12-20(13-11-19)27-14-6-3-7-15-27/h4-5,8-13,18H,3,6-7,14-17H2,1-2H3,(H,25,29). The van der Waals surface area contributed by atoms with E-state index in [-0.39, 0.29) is 11.2 Å². The van der Waals surface area contributed by atoms with Crippen LogP contribution in [0, 0.1) is 0 Å². The lowest BCUT2D eigenvalue weighted by Crippen LogP contribution is -2.29. The highest BCUT2D eigenvalue weighted by Gasteiger charge is 2.20. The molecule has 0 spiro atoms. The van der Waals surface area contributed by atoms with Crippen LogP contribution in [0.2, 0.25) is 0 Å². The number of carbonyl (C=O) groups excluding carboxylic acids is 1. The van der Waals surface area contributed by atoms with Gasteiger partial charge in [0.2, 0.25) is 5.91 Å². The highest BCUT2D eigenvalue weighted by atomic mass is 32.2. The predicted octanol–water partition coefficient (Wildman–Crippen LogP) is 4.79. The molecule has 1 amide bonds. The summed E-state index contributed by atoms with van der Waals surface area (Å²) in [7, 11) is 1.69. The van der Waals surface area contributed by atoms with Gasteiger partial charge in [-0.2, -0.15) is 0 Å². The summed E-state index contributed by atoms with van der Waals surface area (Å²) < 4.78 is 7.39. The third-order valence-corrected chi connectivity index (χ3v) is 6.74. The molecule has 3 aromatic rings. The number of ether oxygens (including phenoxy) is 1. The van der Waals surface area contributed by atoms with E-state index >= 15 is 0 Å². The molecule has 1 saturated heterocycles. The number of benzene rings is 2. The number of carbonyl (C=O) groups is 1. The second-order valence-electron chi connectivity index (χ2n) is 7.87. The zero-order chi connectivity index (χ0) is 21.6. The highest BCUT2D eigenvalue weighted by Crippen LogP contribution is 2.28. The number of nitrogens with zero attached hydrogens (tertiary/aromatic N) is 3. The van der Waals surface area contributed by atoms with Crippen molar-refractivity contribution in [2.75, 3.05) is 37.0 Å². The number of para-hydroxylation sites is 2. The van der Waals surface area contributed by atoms with Crippen molar-refractivity contribution in [3.8, 4) is 0 Å². The van der Waals surface area contributed by atoms with Gasteiger partial charge >= 0.3 is 0 Å². The average Bonchev–Trinajstić information content (AvgIpc) is 3.15. The van der Waals surface area contributed by atoms with Gasteiger partial charge < -0.3 is 19.5 Å². The van der Waals surface area contributed by atoms with Gasteiger partial charge in [0.1, 0.15) is 0 Å². The van der Waals surface area contributed by atoms with E-state index in [1.165, 1.54) is 36.7 Å². The average molecular weight is 439 g/mol. The van der Waals surface area contributed by atoms with Gasteiger partial charge in [0.05, 0.1) is 22.9 Å². The number of hydrogen-bond acceptors (Lipinski definition) is 5. The minimum atomic E-state index is -0.278. The Morgan fingerprint density at radius 2 is 1.87 bits per heavy atom. The highest BCUT2D eigenvalue weighted by molar-refractivity contribution is 8.00. The molecule has 0 radical (unpaired) electrons. The number of fused-ring (bicyclic) bond motifs is 1. The van der Waals surface area contributed by atoms with Crippen molar-refractivity contribution in [3.63, 3.8) is 0 Å². The monoisotopic (exact) mass is 438 g/mol. The van der Waals surface area contributed by atoms with E-state index in [9.17, 15) is 4.79 Å². The number of imidazole rings is 1. The van der Waals surface area contributed by atoms with Gasteiger partial charge in [-0.1, -0.05) is 23.9 Å². The molecule has 1 aliphatic heterocycles. The molecule has 1 atom stereocenters. The minimum Gasteiger partial charge on any atom is -0.383 e. The third-order valence-electron chi connectivity index (χ3n) is 5.65. The number of amides is 1. The molecule has 2 aromatic carbocycles. The summed E-state index contributed by atoms with van der Waals surface area (Å²) in [6, 6.07) is 16.2. The van der Waals surface area contributed by atoms with Crippen LogP contribution in [0.1, 0.15) is 26.2 Å². The molecule has 1 N–H and O–H groups in total. The minimum absolute atomic E-state index is 0.0268. The van der Waals surface area contributed by atoms with Crippen molar-refractivity contribution < 1.29 is 9.53 Å². The van der Waals surface area contributed by atoms with Crippen LogP contribution in [-0.4, -0.2) is 47.5 Å². The summed E-state index contributed by atoms with van der Waals surface area (Å²) in [5.74, 6) is -0.0268. The Morgan fingerprint density at radius 1 is 1.13 bits per heavy atom. The van der Waals surface area contributed by atoms with Crippen LogP contribution < -0.4 is 10.2 Å². The Hall–Kier alpha value is -2.51. The normalized spacial score (nSPS) is 15.2. The summed E-state index contributed by atoms with van der Waals surface area (Å²) in [6.07, 6.45) is 3.82. The summed E-state index contributed by atoms with van der Waals surface area (Å²) >= 11 is 1.48. The van der Waals surface area contributed by atoms with E-state index in [2.05, 4.69) is 33.0 Å². The summed E-state index contributed by atoms with van der Waals surface area (Å²) in [5.41, 5.74) is 4.04. The number of nitrogens with one attached hydrogen (secondary N) is 1. The molecular formula is C24H30N4O2S. The van der Waals surface area contributed by atoms with Crippen molar-refractivity contribution in [2.45, 2.75) is 43.1 Å². The molecule has 1 unspecified atom stereocenters. The van der Waals surface area contributed by atoms with Crippen LogP contribution in [-0.2, 0) is 16.1 Å². The van der Waals surface area contributed by atoms with Crippen LogP contribution in [0.25, 0.3) is 11.0 Å². The largest absolute Gasteiger partial charge is 0.383 e. The lowest BCUT2D eigenvalue weighted by molar-refractivity contribution is -0.115. The molecule has 6 nitrogen and oxygen atoms in total. The van der Waals surface area contributed by atoms with E-state index in [0.29, 0.717) is 13.2 Å². The van der Waals surface area contributed by atoms with Crippen molar-refractivity contribution in [1.29, 1.82) is 0 Å². The number of thioether (sulfide) groups is 1. The van der Waals surface area contributed by atoms with Crippen LogP contribution in [0.15, 0.2) is 53.7 Å². The lowest BCUT2D eigenvalue weighted by atomic mass is 10.1. The SMILES string of the molecule is COCCn1c(SC(C)C(=O)Nc2ccc(N3CCCCC3)cc2)nc2ccccc21. The van der Waals surface area contributed by atoms with Crippen molar-refractivity contribution in [3.05, 3.63) is 48.5 Å². The Balaban J connectivity index is 1.41. The van der Waals surface area contributed by atoms with Crippen LogP contribution in [0.4, 0.5) is 11.4 Å². The predicted molar refractivity (Wildman–Crippen MR) is 128 cm³/mol. The van der Waals surface area contributed by atoms with E-state index < -0.39 is 0 Å². The van der Waals surface area contributed by atoms with Crippen LogP contribution in [0.3, 0.4) is 0 Å². The van der Waals surface area contributed by atoms with Crippen LogP contribution in [0.5, 0.6) is 0 Å². The third kappa shape index (κ3) is 5.22. The first-order valence-electron chi connectivity index (χ1n) is 10.9. The summed E-state index contributed by atoms with van der Waals surface area (Å²) in [5, 5.41) is 3.61. The number of anilines is 2. The lowest BCUT2D eigenvalue weighted by Gasteiger charge is -2.28. The Kier molecular flexibility index (Phi) is 7.14. The molecule has 4 rings (SSSR count). The molecule has 164 valence electrons. The molecule has 2 heterocycles. The molecule has 0 saturated carbocycles. The second-order valence-corrected chi connectivity index (χ2v) is 9.18. The zero-order valence-corrected chi connectivity index (χ0v) is 19.0. The van der Waals surface area contributed by atoms with Gasteiger partial charge in [0.15, 0.2) is 5.16 Å². The van der Waals surface area contributed by atoms with E-state index in [0.717, 1.165) is 35.0 Å². The smallest absolute Gasteiger partial charge is 0.237 e. The number of piperidine rings is 1. The number of methoxy groups -OCH3 is 1. The quantitative estimate of drug-likeness (QED) is 0.512. The van der Waals surface area contributed by atoms with Gasteiger partial charge in [-0.3, -0.25) is 4.79 Å². The van der Waals surface area contributed by atoms with Crippen molar-refractivity contribution in [1.82, 2.24) is 9.55 Å². The molecule has 7 heteroatoms. The maximum absolute atomic E-state index is 12.8. The van der Waals surface area contributed by atoms with E-state index in [1.54, 1.807) is 7.11 Å². The Morgan fingerprint density at radius 3 is 2.61 bits per heavy atom. The fraction of sp³-hybridized carbons (Fsp3) is 0.417. The Bertz CT molecular complexity index is 1010. The maximum Gasteiger partial charge on any atom is 0.237 e. The van der Waals surface area contributed by atoms with Gasteiger partial charge in [-0.25, -0.2) is 4.98 Å². The van der Waals surface area contributed by atoms with Gasteiger partial charge in [-0.15, -0.1) is 0 Å². The van der Waals surface area contributed by atoms with Gasteiger partial charge in [-0.05, 0) is 62.6 Å². The first-order valence-corrected chi connectivity index (χ1v) is 11.8. The molecule has 0 bridgehead atoms. The van der Waals surface area contributed by atoms with Crippen molar-refractivity contribution in [2.24, 2.45) is 0 Å². The molecule has 1 aromatic heterocycles. The summed E-state index contributed by atoms with van der Waals surface area (Å²) in [4.78, 5) is 20.0. The first kappa shape index (κ1) is 21.7. The fourth-order valence-electron chi connectivity index (χ4n) is 3.91. The van der Waals surface area contributed by atoms with Crippen LogP contribution >= 0.6 is 11.8 Å².